The molecule has 2 atom stereocenters. The Bertz CT molecular complexity index is 306. The van der Waals surface area contributed by atoms with Gasteiger partial charge < -0.3 is 5.32 Å². The van der Waals surface area contributed by atoms with Crippen LogP contribution in [0.3, 0.4) is 0 Å². The van der Waals surface area contributed by atoms with Gasteiger partial charge in [-0.1, -0.05) is 45.0 Å². The van der Waals surface area contributed by atoms with Gasteiger partial charge in [-0.25, -0.2) is 0 Å². The molecular weight excluding hydrogens is 194 g/mol. The van der Waals surface area contributed by atoms with E-state index in [2.05, 4.69) is 57.3 Å². The van der Waals surface area contributed by atoms with Crippen LogP contribution in [0.4, 0.5) is 0 Å². The molecule has 0 amide bonds. The lowest BCUT2D eigenvalue weighted by Gasteiger charge is -2.20. The maximum atomic E-state index is 3.57. The van der Waals surface area contributed by atoms with E-state index >= 15 is 0 Å². The van der Waals surface area contributed by atoms with E-state index in [-0.39, 0.29) is 0 Å². The fraction of sp³-hybridized carbons (Fsp3) is 0.600. The summed E-state index contributed by atoms with van der Waals surface area (Å²) in [6, 6.07) is 9.29. The highest BCUT2D eigenvalue weighted by Gasteiger charge is 2.12. The Kier molecular flexibility index (Phi) is 5.54. The third kappa shape index (κ3) is 3.34. The van der Waals surface area contributed by atoms with Crippen LogP contribution in [0.2, 0.25) is 0 Å². The van der Waals surface area contributed by atoms with E-state index in [4.69, 9.17) is 0 Å². The lowest BCUT2D eigenvalue weighted by atomic mass is 9.91. The Hall–Kier alpha value is -0.820. The Morgan fingerprint density at radius 1 is 1.06 bits per heavy atom. The van der Waals surface area contributed by atoms with Crippen LogP contribution in [-0.2, 0) is 0 Å². The number of benzene rings is 1. The minimum Gasteiger partial charge on any atom is -0.310 e. The van der Waals surface area contributed by atoms with Crippen LogP contribution in [0.15, 0.2) is 24.3 Å². The third-order valence-electron chi connectivity index (χ3n) is 3.31. The lowest BCUT2D eigenvalue weighted by Crippen LogP contribution is -2.20. The van der Waals surface area contributed by atoms with E-state index in [1.807, 2.05) is 0 Å². The molecule has 1 aromatic carbocycles. The van der Waals surface area contributed by atoms with Crippen molar-refractivity contribution >= 4 is 0 Å². The summed E-state index contributed by atoms with van der Waals surface area (Å²) in [6.07, 6.45) is 2.40. The average Bonchev–Trinajstić information content (AvgIpc) is 2.35. The molecule has 0 aromatic heterocycles. The number of rotatable bonds is 6. The average molecular weight is 219 g/mol. The van der Waals surface area contributed by atoms with E-state index in [0.29, 0.717) is 12.0 Å². The Labute approximate surface area is 100 Å². The van der Waals surface area contributed by atoms with Crippen LogP contribution >= 0.6 is 0 Å². The molecule has 1 N–H and O–H groups in total. The van der Waals surface area contributed by atoms with Gasteiger partial charge in [-0.15, -0.1) is 0 Å². The van der Waals surface area contributed by atoms with Crippen molar-refractivity contribution in [2.24, 2.45) is 0 Å². The van der Waals surface area contributed by atoms with Crippen LogP contribution < -0.4 is 5.32 Å². The van der Waals surface area contributed by atoms with Crippen molar-refractivity contribution < 1.29 is 0 Å². The molecule has 1 nitrogen and oxygen atoms in total. The van der Waals surface area contributed by atoms with Crippen molar-refractivity contribution in [2.45, 2.75) is 52.5 Å². The fourth-order valence-electron chi connectivity index (χ4n) is 2.04. The lowest BCUT2D eigenvalue weighted by molar-refractivity contribution is 0.560. The van der Waals surface area contributed by atoms with Gasteiger partial charge in [-0.05, 0) is 43.4 Å². The first-order valence-electron chi connectivity index (χ1n) is 6.52. The molecule has 0 saturated heterocycles. The molecule has 2 unspecified atom stereocenters. The molecule has 0 heterocycles. The molecule has 0 fully saturated rings. The van der Waals surface area contributed by atoms with Gasteiger partial charge >= 0.3 is 0 Å². The summed E-state index contributed by atoms with van der Waals surface area (Å²) in [7, 11) is 0. The number of nitrogens with one attached hydrogen (secondary N) is 1. The molecule has 1 rings (SSSR count). The molecule has 0 spiro atoms. The second-order valence-corrected chi connectivity index (χ2v) is 4.61. The second-order valence-electron chi connectivity index (χ2n) is 4.61. The van der Waals surface area contributed by atoms with Gasteiger partial charge in [0, 0.05) is 6.04 Å². The zero-order chi connectivity index (χ0) is 12.0. The standard InChI is InChI=1S/C15H25N/c1-5-11-16-13(4)15-10-8-7-9-14(15)12(3)6-2/h7-10,12-13,16H,5-6,11H2,1-4H3. The SMILES string of the molecule is CCCNC(C)c1ccccc1C(C)CC. The second kappa shape index (κ2) is 6.70. The minimum absolute atomic E-state index is 0.463. The van der Waals surface area contributed by atoms with Gasteiger partial charge in [0.15, 0.2) is 0 Å². The topological polar surface area (TPSA) is 12.0 Å². The van der Waals surface area contributed by atoms with Gasteiger partial charge in [-0.3, -0.25) is 0 Å². The molecule has 16 heavy (non-hydrogen) atoms. The molecule has 90 valence electrons. The van der Waals surface area contributed by atoms with E-state index < -0.39 is 0 Å². The highest BCUT2D eigenvalue weighted by molar-refractivity contribution is 5.32. The quantitative estimate of drug-likeness (QED) is 0.753. The first-order chi connectivity index (χ1) is 7.70. The summed E-state index contributed by atoms with van der Waals surface area (Å²) >= 11 is 0. The molecule has 0 radical (unpaired) electrons. The molecule has 0 saturated carbocycles. The van der Waals surface area contributed by atoms with E-state index in [0.717, 1.165) is 6.54 Å². The predicted octanol–water partition coefficient (Wildman–Crippen LogP) is 4.26. The summed E-state index contributed by atoms with van der Waals surface area (Å²) in [5.74, 6) is 0.655. The highest BCUT2D eigenvalue weighted by atomic mass is 14.9. The Balaban J connectivity index is 2.85. The van der Waals surface area contributed by atoms with E-state index in [1.165, 1.54) is 24.0 Å². The van der Waals surface area contributed by atoms with E-state index in [1.54, 1.807) is 0 Å². The van der Waals surface area contributed by atoms with Crippen LogP contribution in [0.5, 0.6) is 0 Å². The smallest absolute Gasteiger partial charge is 0.0294 e. The van der Waals surface area contributed by atoms with Crippen molar-refractivity contribution in [3.63, 3.8) is 0 Å². The molecule has 0 aliphatic carbocycles. The van der Waals surface area contributed by atoms with Crippen LogP contribution in [0, 0.1) is 0 Å². The third-order valence-corrected chi connectivity index (χ3v) is 3.31. The van der Waals surface area contributed by atoms with Crippen molar-refractivity contribution in [2.75, 3.05) is 6.54 Å². The summed E-state index contributed by atoms with van der Waals surface area (Å²) in [4.78, 5) is 0. The van der Waals surface area contributed by atoms with Gasteiger partial charge in [0.05, 0.1) is 0 Å². The molecule has 0 aliphatic rings. The fourth-order valence-corrected chi connectivity index (χ4v) is 2.04. The molecular formula is C15H25N. The van der Waals surface area contributed by atoms with Crippen LogP contribution in [-0.4, -0.2) is 6.54 Å². The molecule has 1 aromatic rings. The summed E-state index contributed by atoms with van der Waals surface area (Å²) in [5, 5.41) is 3.57. The largest absolute Gasteiger partial charge is 0.310 e. The van der Waals surface area contributed by atoms with Crippen LogP contribution in [0.1, 0.15) is 63.6 Å². The van der Waals surface area contributed by atoms with Crippen LogP contribution in [0.25, 0.3) is 0 Å². The van der Waals surface area contributed by atoms with Gasteiger partial charge in [-0.2, -0.15) is 0 Å². The molecule has 0 bridgehead atoms. The predicted molar refractivity (Wildman–Crippen MR) is 71.9 cm³/mol. The highest BCUT2D eigenvalue weighted by Crippen LogP contribution is 2.26. The maximum absolute atomic E-state index is 3.57. The molecule has 0 aliphatic heterocycles. The zero-order valence-corrected chi connectivity index (χ0v) is 11.1. The Morgan fingerprint density at radius 2 is 1.69 bits per heavy atom. The first kappa shape index (κ1) is 13.2. The number of hydrogen-bond donors (Lipinski definition) is 1. The normalized spacial score (nSPS) is 14.8. The Morgan fingerprint density at radius 3 is 2.25 bits per heavy atom. The van der Waals surface area contributed by atoms with Crippen molar-refractivity contribution in [1.82, 2.24) is 5.32 Å². The summed E-state index contributed by atoms with van der Waals surface area (Å²) in [5.41, 5.74) is 2.96. The summed E-state index contributed by atoms with van der Waals surface area (Å²) < 4.78 is 0. The summed E-state index contributed by atoms with van der Waals surface area (Å²) in [6.45, 7) is 10.1. The minimum atomic E-state index is 0.463. The van der Waals surface area contributed by atoms with Crippen molar-refractivity contribution in [3.8, 4) is 0 Å². The van der Waals surface area contributed by atoms with Gasteiger partial charge in [0.25, 0.3) is 0 Å². The van der Waals surface area contributed by atoms with Crippen molar-refractivity contribution in [1.29, 1.82) is 0 Å². The maximum Gasteiger partial charge on any atom is 0.0294 e. The van der Waals surface area contributed by atoms with Crippen molar-refractivity contribution in [3.05, 3.63) is 35.4 Å². The van der Waals surface area contributed by atoms with Gasteiger partial charge in [0.1, 0.15) is 0 Å². The number of hydrogen-bond acceptors (Lipinski definition) is 1. The first-order valence-corrected chi connectivity index (χ1v) is 6.52. The van der Waals surface area contributed by atoms with Gasteiger partial charge in [0.2, 0.25) is 0 Å². The zero-order valence-electron chi connectivity index (χ0n) is 11.1. The monoisotopic (exact) mass is 219 g/mol. The molecule has 1 heteroatoms. The van der Waals surface area contributed by atoms with E-state index in [9.17, 15) is 0 Å².